The van der Waals surface area contributed by atoms with Gasteiger partial charge in [-0.2, -0.15) is 4.98 Å². The molecule has 0 aliphatic heterocycles. The first-order valence-electron chi connectivity index (χ1n) is 8.69. The molecule has 0 atom stereocenters. The summed E-state index contributed by atoms with van der Waals surface area (Å²) in [6.45, 7) is 3.44. The maximum absolute atomic E-state index is 13.0. The molecule has 3 rings (SSSR count). The molecule has 0 saturated carbocycles. The van der Waals surface area contributed by atoms with Gasteiger partial charge in [-0.25, -0.2) is 9.37 Å². The van der Waals surface area contributed by atoms with Crippen molar-refractivity contribution in [2.24, 2.45) is 0 Å². The van der Waals surface area contributed by atoms with E-state index in [0.717, 1.165) is 30.0 Å². The van der Waals surface area contributed by atoms with Crippen molar-refractivity contribution in [3.63, 3.8) is 0 Å². The molecule has 26 heavy (non-hydrogen) atoms. The Bertz CT molecular complexity index is 834. The summed E-state index contributed by atoms with van der Waals surface area (Å²) in [5, 5.41) is 3.27. The minimum Gasteiger partial charge on any atom is -0.355 e. The molecule has 1 aromatic heterocycles. The van der Waals surface area contributed by atoms with Crippen LogP contribution >= 0.6 is 0 Å². The van der Waals surface area contributed by atoms with Crippen LogP contribution in [0.4, 0.5) is 16.2 Å². The van der Waals surface area contributed by atoms with Crippen LogP contribution < -0.4 is 10.2 Å². The van der Waals surface area contributed by atoms with Crippen molar-refractivity contribution in [1.82, 2.24) is 9.97 Å². The summed E-state index contributed by atoms with van der Waals surface area (Å²) in [7, 11) is 2.02. The van der Waals surface area contributed by atoms with Gasteiger partial charge in [-0.3, -0.25) is 0 Å². The van der Waals surface area contributed by atoms with E-state index in [4.69, 9.17) is 0 Å². The summed E-state index contributed by atoms with van der Waals surface area (Å²) >= 11 is 0. The molecular weight excluding hydrogens is 327 g/mol. The smallest absolute Gasteiger partial charge is 0.224 e. The molecule has 0 fully saturated rings. The van der Waals surface area contributed by atoms with Crippen LogP contribution in [-0.2, 0) is 13.0 Å². The monoisotopic (exact) mass is 350 g/mol. The van der Waals surface area contributed by atoms with Gasteiger partial charge in [-0.15, -0.1) is 0 Å². The number of anilines is 2. The van der Waals surface area contributed by atoms with Gasteiger partial charge < -0.3 is 10.2 Å². The quantitative estimate of drug-likeness (QED) is 0.693. The van der Waals surface area contributed by atoms with Gasteiger partial charge in [0.2, 0.25) is 5.95 Å². The third-order valence-corrected chi connectivity index (χ3v) is 4.10. The highest BCUT2D eigenvalue weighted by atomic mass is 19.1. The lowest BCUT2D eigenvalue weighted by atomic mass is 10.1. The Labute approximate surface area is 153 Å². The van der Waals surface area contributed by atoms with Crippen LogP contribution in [0.5, 0.6) is 0 Å². The second-order valence-corrected chi connectivity index (χ2v) is 6.34. The van der Waals surface area contributed by atoms with Crippen molar-refractivity contribution >= 4 is 11.8 Å². The number of hydrogen-bond donors (Lipinski definition) is 1. The lowest BCUT2D eigenvalue weighted by molar-refractivity contribution is 0.627. The first-order valence-corrected chi connectivity index (χ1v) is 8.69. The lowest BCUT2D eigenvalue weighted by Gasteiger charge is -2.19. The third kappa shape index (κ3) is 5.02. The van der Waals surface area contributed by atoms with Crippen molar-refractivity contribution < 1.29 is 4.39 Å². The standard InChI is InChI=1S/C21H23FN4/c1-16-14-20(26(2)15-18-6-4-3-5-7-18)25-21(24-16)23-13-12-17-8-10-19(22)11-9-17/h3-11,14H,12-13,15H2,1-2H3,(H,23,24,25). The Balaban J connectivity index is 1.62. The predicted molar refractivity (Wildman–Crippen MR) is 104 cm³/mol. The van der Waals surface area contributed by atoms with Crippen LogP contribution in [-0.4, -0.2) is 23.6 Å². The number of aromatic nitrogens is 2. The van der Waals surface area contributed by atoms with E-state index in [1.165, 1.54) is 17.7 Å². The fourth-order valence-corrected chi connectivity index (χ4v) is 2.73. The highest BCUT2D eigenvalue weighted by Crippen LogP contribution is 2.16. The predicted octanol–water partition coefficient (Wildman–Crippen LogP) is 4.22. The summed E-state index contributed by atoms with van der Waals surface area (Å²) < 4.78 is 13.0. The number of hydrogen-bond acceptors (Lipinski definition) is 4. The topological polar surface area (TPSA) is 41.1 Å². The van der Waals surface area contributed by atoms with E-state index in [1.54, 1.807) is 12.1 Å². The summed E-state index contributed by atoms with van der Waals surface area (Å²) in [5.41, 5.74) is 3.23. The van der Waals surface area contributed by atoms with Crippen LogP contribution in [0, 0.1) is 12.7 Å². The highest BCUT2D eigenvalue weighted by Gasteiger charge is 2.07. The third-order valence-electron chi connectivity index (χ3n) is 4.10. The average molecular weight is 350 g/mol. The molecule has 0 saturated heterocycles. The van der Waals surface area contributed by atoms with Gasteiger partial charge >= 0.3 is 0 Å². The fourth-order valence-electron chi connectivity index (χ4n) is 2.73. The number of benzene rings is 2. The van der Waals surface area contributed by atoms with E-state index >= 15 is 0 Å². The van der Waals surface area contributed by atoms with Crippen LogP contribution in [0.15, 0.2) is 60.7 Å². The molecule has 134 valence electrons. The second-order valence-electron chi connectivity index (χ2n) is 6.34. The first-order chi connectivity index (χ1) is 12.6. The molecule has 0 bridgehead atoms. The van der Waals surface area contributed by atoms with Crippen LogP contribution in [0.2, 0.25) is 0 Å². The average Bonchev–Trinajstić information content (AvgIpc) is 2.64. The van der Waals surface area contributed by atoms with Crippen molar-refractivity contribution in [3.8, 4) is 0 Å². The molecule has 0 aliphatic carbocycles. The summed E-state index contributed by atoms with van der Waals surface area (Å²) in [5.74, 6) is 1.28. The molecule has 0 radical (unpaired) electrons. The van der Waals surface area contributed by atoms with Crippen molar-refractivity contribution in [1.29, 1.82) is 0 Å². The van der Waals surface area contributed by atoms with Gasteiger partial charge in [0.25, 0.3) is 0 Å². The molecule has 3 aromatic rings. The van der Waals surface area contributed by atoms with E-state index in [0.29, 0.717) is 12.5 Å². The van der Waals surface area contributed by atoms with E-state index in [2.05, 4.69) is 32.3 Å². The van der Waals surface area contributed by atoms with Crippen LogP contribution in [0.3, 0.4) is 0 Å². The number of rotatable bonds is 7. The number of halogens is 1. The SMILES string of the molecule is Cc1cc(N(C)Cc2ccccc2)nc(NCCc2ccc(F)cc2)n1. The van der Waals surface area contributed by atoms with Crippen LogP contribution in [0.1, 0.15) is 16.8 Å². The van der Waals surface area contributed by atoms with Crippen molar-refractivity contribution in [3.05, 3.63) is 83.3 Å². The Kier molecular flexibility index (Phi) is 5.79. The van der Waals surface area contributed by atoms with E-state index in [-0.39, 0.29) is 5.82 Å². The summed E-state index contributed by atoms with van der Waals surface area (Å²) in [4.78, 5) is 11.2. The molecule has 4 nitrogen and oxygen atoms in total. The molecule has 5 heteroatoms. The molecular formula is C21H23FN4. The minimum atomic E-state index is -0.213. The molecule has 0 amide bonds. The van der Waals surface area contributed by atoms with E-state index < -0.39 is 0 Å². The Hall–Kier alpha value is -2.95. The van der Waals surface area contributed by atoms with Gasteiger partial charge in [-0.1, -0.05) is 42.5 Å². The highest BCUT2D eigenvalue weighted by molar-refractivity contribution is 5.44. The van der Waals surface area contributed by atoms with Crippen molar-refractivity contribution in [2.75, 3.05) is 23.8 Å². The second kappa shape index (κ2) is 8.43. The Morgan fingerprint density at radius 1 is 0.962 bits per heavy atom. The fraction of sp³-hybridized carbons (Fsp3) is 0.238. The lowest BCUT2D eigenvalue weighted by Crippen LogP contribution is -2.19. The maximum Gasteiger partial charge on any atom is 0.224 e. The normalized spacial score (nSPS) is 10.6. The molecule has 0 aliphatic rings. The Morgan fingerprint density at radius 3 is 2.42 bits per heavy atom. The summed E-state index contributed by atoms with van der Waals surface area (Å²) in [6, 6.07) is 18.8. The zero-order valence-electron chi connectivity index (χ0n) is 15.1. The number of nitrogens with one attached hydrogen (secondary N) is 1. The zero-order chi connectivity index (χ0) is 18.4. The molecule has 2 aromatic carbocycles. The molecule has 1 N–H and O–H groups in total. The Morgan fingerprint density at radius 2 is 1.69 bits per heavy atom. The van der Waals surface area contributed by atoms with Gasteiger partial charge in [0.15, 0.2) is 0 Å². The molecule has 0 unspecified atom stereocenters. The van der Waals surface area contributed by atoms with Gasteiger partial charge in [0.05, 0.1) is 0 Å². The van der Waals surface area contributed by atoms with Crippen LogP contribution in [0.25, 0.3) is 0 Å². The van der Waals surface area contributed by atoms with Gasteiger partial charge in [-0.05, 0) is 36.6 Å². The summed E-state index contributed by atoms with van der Waals surface area (Å²) in [6.07, 6.45) is 0.784. The first kappa shape index (κ1) is 17.9. The van der Waals surface area contributed by atoms with E-state index in [9.17, 15) is 4.39 Å². The number of aryl methyl sites for hydroxylation is 1. The zero-order valence-corrected chi connectivity index (χ0v) is 15.1. The van der Waals surface area contributed by atoms with Gasteiger partial charge in [0.1, 0.15) is 11.6 Å². The number of nitrogens with zero attached hydrogens (tertiary/aromatic N) is 3. The van der Waals surface area contributed by atoms with Crippen molar-refractivity contribution in [2.45, 2.75) is 19.9 Å². The molecule has 0 spiro atoms. The van der Waals surface area contributed by atoms with E-state index in [1.807, 2.05) is 38.2 Å². The van der Waals surface area contributed by atoms with Gasteiger partial charge in [0, 0.05) is 31.9 Å². The minimum absolute atomic E-state index is 0.213. The largest absolute Gasteiger partial charge is 0.355 e. The molecule has 1 heterocycles. The maximum atomic E-state index is 13.0.